The third kappa shape index (κ3) is 3.31. The topological polar surface area (TPSA) is 36.4 Å². The molecule has 0 atom stereocenters. The van der Waals surface area contributed by atoms with Crippen molar-refractivity contribution in [1.82, 2.24) is 14.8 Å². The van der Waals surface area contributed by atoms with E-state index in [-0.39, 0.29) is 0 Å². The average molecular weight is 323 g/mol. The highest BCUT2D eigenvalue weighted by Crippen LogP contribution is 2.15. The second kappa shape index (κ2) is 6.50. The number of aromatic nitrogens is 1. The smallest absolute Gasteiger partial charge is 0.275 e. The lowest BCUT2D eigenvalue weighted by molar-refractivity contribution is 0.0617. The van der Waals surface area contributed by atoms with E-state index < -0.39 is 23.4 Å². The number of carbonyl (C=O) groups is 1. The van der Waals surface area contributed by atoms with Crippen LogP contribution in [0.3, 0.4) is 0 Å². The molecule has 3 rings (SSSR count). The zero-order valence-electron chi connectivity index (χ0n) is 11.8. The van der Waals surface area contributed by atoms with Gasteiger partial charge in [0.15, 0.2) is 11.5 Å². The fraction of sp³-hybridized carbons (Fsp3) is 0.333. The van der Waals surface area contributed by atoms with E-state index in [0.717, 1.165) is 18.7 Å². The molecule has 0 radical (unpaired) electrons. The van der Waals surface area contributed by atoms with Crippen molar-refractivity contribution in [3.8, 4) is 0 Å². The highest BCUT2D eigenvalue weighted by atomic mass is 32.1. The first-order chi connectivity index (χ1) is 10.6. The van der Waals surface area contributed by atoms with Crippen molar-refractivity contribution in [3.63, 3.8) is 0 Å². The Bertz CT molecular complexity index is 655. The van der Waals surface area contributed by atoms with Crippen molar-refractivity contribution in [2.45, 2.75) is 6.54 Å². The molecule has 2 aromatic heterocycles. The molecule has 7 heteroatoms. The van der Waals surface area contributed by atoms with E-state index in [1.807, 2.05) is 11.4 Å². The first-order valence-electron chi connectivity index (χ1n) is 6.99. The summed E-state index contributed by atoms with van der Waals surface area (Å²) < 4.78 is 26.7. The van der Waals surface area contributed by atoms with Crippen molar-refractivity contribution < 1.29 is 13.6 Å². The minimum Gasteiger partial charge on any atom is -0.335 e. The molecule has 3 heterocycles. The summed E-state index contributed by atoms with van der Waals surface area (Å²) >= 11 is 1.70. The lowest BCUT2D eigenvalue weighted by atomic mass is 10.2. The number of thiophene rings is 1. The van der Waals surface area contributed by atoms with Gasteiger partial charge in [-0.15, -0.1) is 11.3 Å². The predicted octanol–water partition coefficient (Wildman–Crippen LogP) is 2.38. The highest BCUT2D eigenvalue weighted by Gasteiger charge is 2.25. The van der Waals surface area contributed by atoms with Crippen LogP contribution in [0, 0.1) is 11.8 Å². The summed E-state index contributed by atoms with van der Waals surface area (Å²) in [7, 11) is 0. The fourth-order valence-corrected chi connectivity index (χ4v) is 3.20. The van der Waals surface area contributed by atoms with Crippen molar-refractivity contribution in [2.75, 3.05) is 26.2 Å². The van der Waals surface area contributed by atoms with Gasteiger partial charge in [0, 0.05) is 37.6 Å². The molecule has 1 saturated heterocycles. The summed E-state index contributed by atoms with van der Waals surface area (Å²) in [5.74, 6) is -2.18. The minimum atomic E-state index is -0.846. The summed E-state index contributed by atoms with van der Waals surface area (Å²) in [4.78, 5) is 20.7. The molecular formula is C15H15F2N3OS. The van der Waals surface area contributed by atoms with E-state index in [4.69, 9.17) is 0 Å². The van der Waals surface area contributed by atoms with E-state index in [2.05, 4.69) is 16.0 Å². The maximum atomic E-state index is 13.6. The highest BCUT2D eigenvalue weighted by molar-refractivity contribution is 7.09. The van der Waals surface area contributed by atoms with Crippen molar-refractivity contribution >= 4 is 17.2 Å². The normalized spacial score (nSPS) is 16.0. The zero-order valence-corrected chi connectivity index (χ0v) is 12.7. The van der Waals surface area contributed by atoms with Crippen LogP contribution in [0.15, 0.2) is 29.6 Å². The number of carbonyl (C=O) groups excluding carboxylic acids is 1. The van der Waals surface area contributed by atoms with Crippen LogP contribution >= 0.6 is 11.3 Å². The summed E-state index contributed by atoms with van der Waals surface area (Å²) in [5.41, 5.74) is -0.438. The van der Waals surface area contributed by atoms with Crippen molar-refractivity contribution in [2.24, 2.45) is 0 Å². The van der Waals surface area contributed by atoms with Gasteiger partial charge in [0.2, 0.25) is 5.95 Å². The maximum Gasteiger partial charge on any atom is 0.275 e. The van der Waals surface area contributed by atoms with Gasteiger partial charge in [0.25, 0.3) is 5.91 Å². The van der Waals surface area contributed by atoms with Crippen LogP contribution in [0.5, 0.6) is 0 Å². The summed E-state index contributed by atoms with van der Waals surface area (Å²) in [6.45, 7) is 3.25. The van der Waals surface area contributed by atoms with Crippen LogP contribution in [0.4, 0.5) is 8.78 Å². The Morgan fingerprint density at radius 2 is 1.95 bits per heavy atom. The minimum absolute atomic E-state index is 0.438. The molecule has 0 aromatic carbocycles. The van der Waals surface area contributed by atoms with E-state index in [9.17, 15) is 13.6 Å². The Morgan fingerprint density at radius 1 is 1.18 bits per heavy atom. The molecule has 1 aliphatic heterocycles. The second-order valence-electron chi connectivity index (χ2n) is 5.11. The van der Waals surface area contributed by atoms with Gasteiger partial charge in [-0.2, -0.15) is 4.39 Å². The Balaban J connectivity index is 1.61. The summed E-state index contributed by atoms with van der Waals surface area (Å²) in [6, 6.07) is 5.93. The largest absolute Gasteiger partial charge is 0.335 e. The summed E-state index contributed by atoms with van der Waals surface area (Å²) in [6.07, 6.45) is 0. The average Bonchev–Trinajstić information content (AvgIpc) is 3.03. The van der Waals surface area contributed by atoms with Crippen LogP contribution < -0.4 is 0 Å². The van der Waals surface area contributed by atoms with Crippen LogP contribution in [-0.4, -0.2) is 46.9 Å². The molecule has 0 saturated carbocycles. The lowest BCUT2D eigenvalue weighted by Crippen LogP contribution is -2.48. The molecule has 1 fully saturated rings. The van der Waals surface area contributed by atoms with Gasteiger partial charge in [-0.25, -0.2) is 9.37 Å². The number of rotatable bonds is 3. The van der Waals surface area contributed by atoms with Crippen LogP contribution in [-0.2, 0) is 6.54 Å². The molecule has 1 aliphatic rings. The number of amides is 1. The number of hydrogen-bond donors (Lipinski definition) is 0. The van der Waals surface area contributed by atoms with Crippen molar-refractivity contribution in [1.29, 1.82) is 0 Å². The molecular weight excluding hydrogens is 308 g/mol. The lowest BCUT2D eigenvalue weighted by Gasteiger charge is -2.34. The number of halogens is 2. The second-order valence-corrected chi connectivity index (χ2v) is 6.14. The molecule has 1 amide bonds. The van der Waals surface area contributed by atoms with E-state index in [1.54, 1.807) is 11.3 Å². The van der Waals surface area contributed by atoms with Crippen molar-refractivity contribution in [3.05, 3.63) is 52.0 Å². The molecule has 0 spiro atoms. The molecule has 0 bridgehead atoms. The molecule has 2 aromatic rings. The van der Waals surface area contributed by atoms with Gasteiger partial charge in [-0.3, -0.25) is 9.69 Å². The quantitative estimate of drug-likeness (QED) is 0.814. The number of hydrogen-bond acceptors (Lipinski definition) is 4. The monoisotopic (exact) mass is 323 g/mol. The summed E-state index contributed by atoms with van der Waals surface area (Å²) in [5, 5.41) is 2.04. The van der Waals surface area contributed by atoms with E-state index >= 15 is 0 Å². The first kappa shape index (κ1) is 15.1. The molecule has 116 valence electrons. The maximum absolute atomic E-state index is 13.6. The SMILES string of the molecule is O=C(c1nc(F)ccc1F)N1CCN(Cc2cccs2)CC1. The molecule has 0 aliphatic carbocycles. The molecule has 0 N–H and O–H groups in total. The van der Waals surface area contributed by atoms with Crippen LogP contribution in [0.1, 0.15) is 15.4 Å². The standard InChI is InChI=1S/C15H15F2N3OS/c16-12-3-4-13(17)18-14(12)15(21)20-7-5-19(6-8-20)10-11-2-1-9-22-11/h1-4,9H,5-8,10H2. The molecule has 22 heavy (non-hydrogen) atoms. The van der Waals surface area contributed by atoms with Gasteiger partial charge in [-0.1, -0.05) is 6.07 Å². The fourth-order valence-electron chi connectivity index (χ4n) is 2.45. The van der Waals surface area contributed by atoms with Gasteiger partial charge in [0.1, 0.15) is 0 Å². The number of piperazine rings is 1. The number of pyridine rings is 1. The third-order valence-corrected chi connectivity index (χ3v) is 4.49. The first-order valence-corrected chi connectivity index (χ1v) is 7.87. The Kier molecular flexibility index (Phi) is 4.44. The predicted molar refractivity (Wildman–Crippen MR) is 79.7 cm³/mol. The van der Waals surface area contributed by atoms with Gasteiger partial charge < -0.3 is 4.90 Å². The zero-order chi connectivity index (χ0) is 15.5. The molecule has 0 unspecified atom stereocenters. The molecule has 4 nitrogen and oxygen atoms in total. The number of nitrogens with zero attached hydrogens (tertiary/aromatic N) is 3. The van der Waals surface area contributed by atoms with E-state index in [0.29, 0.717) is 26.2 Å². The van der Waals surface area contributed by atoms with Gasteiger partial charge >= 0.3 is 0 Å². The third-order valence-electron chi connectivity index (χ3n) is 3.63. The van der Waals surface area contributed by atoms with E-state index in [1.165, 1.54) is 9.78 Å². The Labute approximate surface area is 131 Å². The van der Waals surface area contributed by atoms with Gasteiger partial charge in [0.05, 0.1) is 0 Å². The van der Waals surface area contributed by atoms with Crippen LogP contribution in [0.25, 0.3) is 0 Å². The van der Waals surface area contributed by atoms with Gasteiger partial charge in [-0.05, 0) is 23.6 Å². The Hall–Kier alpha value is -1.86. The Morgan fingerprint density at radius 3 is 2.64 bits per heavy atom. The van der Waals surface area contributed by atoms with Crippen LogP contribution in [0.2, 0.25) is 0 Å².